The van der Waals surface area contributed by atoms with Crippen LogP contribution in [0.5, 0.6) is 0 Å². The monoisotopic (exact) mass is 977 g/mol. The van der Waals surface area contributed by atoms with Gasteiger partial charge in [0.25, 0.3) is 11.8 Å². The first-order chi connectivity index (χ1) is 33.5. The average molecular weight is 977 g/mol. The zero-order chi connectivity index (χ0) is 52.4. The number of carbonyl (C=O) groups excluding carboxylic acids is 5. The van der Waals surface area contributed by atoms with Crippen LogP contribution in [0.15, 0.2) is 107 Å². The van der Waals surface area contributed by atoms with Crippen LogP contribution in [0.25, 0.3) is 0 Å². The summed E-state index contributed by atoms with van der Waals surface area (Å²) < 4.78 is 34.6. The van der Waals surface area contributed by atoms with Crippen molar-refractivity contribution in [1.82, 2.24) is 24.9 Å². The molecule has 0 saturated heterocycles. The average Bonchev–Trinajstić information content (AvgIpc) is 3.34. The van der Waals surface area contributed by atoms with Gasteiger partial charge in [-0.05, 0) is 119 Å². The number of halogens is 2. The molecule has 2 atom stereocenters. The van der Waals surface area contributed by atoms with Crippen LogP contribution in [0, 0.1) is 11.6 Å². The molecular weight excluding hydrogens is 907 g/mol. The molecule has 0 fully saturated rings. The summed E-state index contributed by atoms with van der Waals surface area (Å²) >= 11 is 0. The van der Waals surface area contributed by atoms with Crippen molar-refractivity contribution < 1.29 is 37.5 Å². The maximum atomic E-state index is 14.8. The Morgan fingerprint density at radius 3 is 1.46 bits per heavy atom. The molecule has 71 heavy (non-hydrogen) atoms. The number of hydrogen-bond acceptors (Lipinski definition) is 9. The van der Waals surface area contributed by atoms with Crippen LogP contribution in [0.3, 0.4) is 0 Å². The van der Waals surface area contributed by atoms with Gasteiger partial charge in [-0.15, -0.1) is 0 Å². The van der Waals surface area contributed by atoms with Gasteiger partial charge in [-0.25, -0.2) is 23.6 Å². The lowest BCUT2D eigenvalue weighted by Crippen LogP contribution is -2.54. The van der Waals surface area contributed by atoms with Gasteiger partial charge in [-0.2, -0.15) is 0 Å². The maximum Gasteiger partial charge on any atom is 0.414 e. The normalized spacial score (nSPS) is 16.1. The van der Waals surface area contributed by atoms with Crippen molar-refractivity contribution >= 4 is 41.6 Å². The Balaban J connectivity index is 0.000000269. The molecule has 0 aliphatic carbocycles. The van der Waals surface area contributed by atoms with E-state index in [1.54, 1.807) is 56.8 Å². The molecule has 0 aromatic heterocycles. The van der Waals surface area contributed by atoms with Crippen molar-refractivity contribution in [2.75, 3.05) is 14.1 Å². The number of nitrogens with two attached hydrogens (primary N) is 1. The van der Waals surface area contributed by atoms with Crippen molar-refractivity contribution in [2.24, 2.45) is 15.7 Å². The standard InChI is InChI=1S/C30H39FN4O4.C25H31FN4O2/c1-8-30(9-2)18-25(36)35(27(33-30)32-28(38)39-29(4,5)6)19-21-15-23(17-24(31)16-21)26(37)34(7)20(3)22-13-11-10-12-14-22;1-5-25(6-2)15-22(31)30(24(27)28-25)16-18-12-20(14-21(26)13-18)23(32)29(4)17(3)19-10-8-7-9-11-19/h10-17,20H,8-9,18-19H2,1-7H3,(H,32,33,38);7-14,17H,5-6,15-16H2,1-4H3,(H2,27,28)/t20-;17-/m00/s1. The Bertz CT molecular complexity index is 2610. The highest BCUT2D eigenvalue weighted by Crippen LogP contribution is 2.32. The minimum Gasteiger partial charge on any atom is -0.444 e. The fourth-order valence-corrected chi connectivity index (χ4v) is 8.57. The number of ether oxygens (including phenoxy) is 1. The largest absolute Gasteiger partial charge is 0.444 e. The first kappa shape index (κ1) is 55.0. The SMILES string of the molecule is CCC1(CC)CC(=O)N(Cc2cc(F)cc(C(=O)N(C)[C@@H](C)c3ccccc3)c2)C(N)=N1.CCC1(CC)CC(=O)N(Cc2cc(F)cc(C(=O)N(C)[C@@H](C)c3ccccc3)c2)C(NC(=O)OC(C)(C)C)=N1. The Labute approximate surface area is 417 Å². The zero-order valence-corrected chi connectivity index (χ0v) is 43.0. The minimum absolute atomic E-state index is 0.0520. The molecule has 6 rings (SSSR count). The van der Waals surface area contributed by atoms with Gasteiger partial charge in [-0.1, -0.05) is 88.4 Å². The van der Waals surface area contributed by atoms with E-state index in [4.69, 9.17) is 15.5 Å². The second kappa shape index (κ2) is 23.3. The number of hydrogen-bond donors (Lipinski definition) is 2. The number of nitrogens with zero attached hydrogens (tertiary/aromatic N) is 6. The second-order valence-corrected chi connectivity index (χ2v) is 19.4. The van der Waals surface area contributed by atoms with Gasteiger partial charge in [0, 0.05) is 25.2 Å². The van der Waals surface area contributed by atoms with Crippen molar-refractivity contribution in [1.29, 1.82) is 0 Å². The Hall–Kier alpha value is -6.97. The van der Waals surface area contributed by atoms with Crippen LogP contribution in [0.2, 0.25) is 0 Å². The van der Waals surface area contributed by atoms with Crippen molar-refractivity contribution in [2.45, 2.75) is 143 Å². The van der Waals surface area contributed by atoms with E-state index in [1.165, 1.54) is 34.1 Å². The summed E-state index contributed by atoms with van der Waals surface area (Å²) in [6, 6.07) is 27.0. The molecule has 5 amide bonds. The fourth-order valence-electron chi connectivity index (χ4n) is 8.57. The quantitative estimate of drug-likeness (QED) is 0.127. The Morgan fingerprint density at radius 1 is 0.676 bits per heavy atom. The summed E-state index contributed by atoms with van der Waals surface area (Å²) in [5.41, 5.74) is 7.44. The van der Waals surface area contributed by atoms with Gasteiger partial charge in [-0.3, -0.25) is 34.3 Å². The predicted octanol–water partition coefficient (Wildman–Crippen LogP) is 10.1. The highest BCUT2D eigenvalue weighted by atomic mass is 19.1. The lowest BCUT2D eigenvalue weighted by Gasteiger charge is -2.37. The number of nitrogens with one attached hydrogen (secondary N) is 1. The van der Waals surface area contributed by atoms with E-state index < -0.39 is 34.4 Å². The first-order valence-corrected chi connectivity index (χ1v) is 24.3. The predicted molar refractivity (Wildman–Crippen MR) is 272 cm³/mol. The summed E-state index contributed by atoms with van der Waals surface area (Å²) in [6.07, 6.45) is 2.31. The molecule has 3 N–H and O–H groups in total. The molecule has 16 heteroatoms. The summed E-state index contributed by atoms with van der Waals surface area (Å²) in [4.78, 5) is 80.3. The van der Waals surface area contributed by atoms with E-state index in [0.29, 0.717) is 36.8 Å². The number of carbonyl (C=O) groups is 5. The van der Waals surface area contributed by atoms with Gasteiger partial charge < -0.3 is 20.3 Å². The van der Waals surface area contributed by atoms with Crippen LogP contribution < -0.4 is 11.1 Å². The van der Waals surface area contributed by atoms with Gasteiger partial charge in [0.1, 0.15) is 17.2 Å². The molecule has 2 aliphatic heterocycles. The molecular formula is C55H70F2N8O6. The number of amides is 5. The number of guanidine groups is 2. The smallest absolute Gasteiger partial charge is 0.414 e. The summed E-state index contributed by atoms with van der Waals surface area (Å²) in [6.45, 7) is 16.9. The highest BCUT2D eigenvalue weighted by molar-refractivity contribution is 6.05. The van der Waals surface area contributed by atoms with Crippen molar-refractivity contribution in [3.05, 3.63) is 142 Å². The molecule has 2 aliphatic rings. The van der Waals surface area contributed by atoms with Gasteiger partial charge in [0.15, 0.2) is 5.96 Å². The molecule has 0 unspecified atom stereocenters. The van der Waals surface area contributed by atoms with Gasteiger partial charge in [0.2, 0.25) is 17.8 Å². The fraction of sp³-hybridized carbons (Fsp3) is 0.436. The van der Waals surface area contributed by atoms with Crippen LogP contribution >= 0.6 is 0 Å². The summed E-state index contributed by atoms with van der Waals surface area (Å²) in [7, 11) is 3.36. The lowest BCUT2D eigenvalue weighted by molar-refractivity contribution is -0.131. The van der Waals surface area contributed by atoms with Crippen LogP contribution in [-0.4, -0.2) is 92.0 Å². The first-order valence-electron chi connectivity index (χ1n) is 24.3. The van der Waals surface area contributed by atoms with E-state index in [0.717, 1.165) is 11.1 Å². The van der Waals surface area contributed by atoms with Gasteiger partial charge >= 0.3 is 6.09 Å². The van der Waals surface area contributed by atoms with E-state index in [9.17, 15) is 32.8 Å². The molecule has 14 nitrogen and oxygen atoms in total. The zero-order valence-electron chi connectivity index (χ0n) is 43.0. The molecule has 0 radical (unpaired) electrons. The van der Waals surface area contributed by atoms with Crippen molar-refractivity contribution in [3.8, 4) is 0 Å². The maximum absolute atomic E-state index is 14.8. The van der Waals surface area contributed by atoms with E-state index in [1.807, 2.05) is 102 Å². The number of aliphatic imine (C=N–C) groups is 2. The third-order valence-electron chi connectivity index (χ3n) is 13.5. The lowest BCUT2D eigenvalue weighted by atomic mass is 9.88. The third-order valence-corrected chi connectivity index (χ3v) is 13.5. The molecule has 4 aromatic rings. The van der Waals surface area contributed by atoms with Crippen LogP contribution in [0.4, 0.5) is 13.6 Å². The second-order valence-electron chi connectivity index (χ2n) is 19.4. The molecule has 0 bridgehead atoms. The molecule has 380 valence electrons. The third kappa shape index (κ3) is 13.9. The molecule has 4 aromatic carbocycles. The number of rotatable bonds is 14. The number of alkyl carbamates (subject to hydrolysis) is 1. The molecule has 0 saturated carbocycles. The Kier molecular flexibility index (Phi) is 18.0. The Morgan fingerprint density at radius 2 is 1.07 bits per heavy atom. The van der Waals surface area contributed by atoms with Crippen LogP contribution in [-0.2, 0) is 27.4 Å². The highest BCUT2D eigenvalue weighted by Gasteiger charge is 2.40. The molecule has 0 spiro atoms. The van der Waals surface area contributed by atoms with Crippen molar-refractivity contribution in [3.63, 3.8) is 0 Å². The summed E-state index contributed by atoms with van der Waals surface area (Å²) in [5.74, 6) is -2.01. The van der Waals surface area contributed by atoms with Gasteiger partial charge in [0.05, 0.1) is 49.1 Å². The van der Waals surface area contributed by atoms with E-state index in [2.05, 4.69) is 10.3 Å². The van der Waals surface area contributed by atoms with Crippen LogP contribution in [0.1, 0.15) is 156 Å². The summed E-state index contributed by atoms with van der Waals surface area (Å²) in [5, 5.41) is 2.63. The topological polar surface area (TPSA) is 170 Å². The molecule has 2 heterocycles. The van der Waals surface area contributed by atoms with E-state index >= 15 is 0 Å². The minimum atomic E-state index is -0.749. The number of benzene rings is 4. The van der Waals surface area contributed by atoms with E-state index in [-0.39, 0.29) is 84.7 Å².